The molecule has 0 nitrogen and oxygen atoms in total. The summed E-state index contributed by atoms with van der Waals surface area (Å²) in [5.41, 5.74) is 27.2. The first kappa shape index (κ1) is 36.0. The van der Waals surface area contributed by atoms with Crippen molar-refractivity contribution < 1.29 is 0 Å². The molecule has 0 fully saturated rings. The van der Waals surface area contributed by atoms with Crippen LogP contribution in [0.5, 0.6) is 0 Å². The highest BCUT2D eigenvalue weighted by Crippen LogP contribution is 2.48. The molecule has 2 atom stereocenters. The van der Waals surface area contributed by atoms with Crippen LogP contribution in [-0.2, 0) is 0 Å². The van der Waals surface area contributed by atoms with Crippen LogP contribution >= 0.6 is 16.5 Å². The van der Waals surface area contributed by atoms with Gasteiger partial charge in [0.15, 0.2) is 0 Å². The van der Waals surface area contributed by atoms with Gasteiger partial charge in [-0.25, -0.2) is 0 Å². The normalized spacial score (nSPS) is 11.8. The van der Waals surface area contributed by atoms with Crippen molar-refractivity contribution in [3.05, 3.63) is 152 Å². The molecule has 50 heavy (non-hydrogen) atoms. The molecule has 0 aliphatic rings. The molecule has 0 aliphatic heterocycles. The molecule has 0 bridgehead atoms. The number of rotatable bonds is 7. The number of hydrogen-bond donors (Lipinski definition) is 0. The van der Waals surface area contributed by atoms with Gasteiger partial charge in [0.25, 0.3) is 0 Å². The molecule has 0 heterocycles. The Hall–Kier alpha value is -3.82. The van der Waals surface area contributed by atoms with Gasteiger partial charge in [-0.15, -0.1) is 0 Å². The Labute approximate surface area is 305 Å². The first-order valence-corrected chi connectivity index (χ1v) is 20.9. The van der Waals surface area contributed by atoms with E-state index >= 15 is 0 Å². The third-order valence-corrected chi connectivity index (χ3v) is 13.8. The molecule has 0 saturated heterocycles. The van der Waals surface area contributed by atoms with Crippen LogP contribution in [0.1, 0.15) is 66.8 Å². The quantitative estimate of drug-likeness (QED) is 0.146. The Kier molecular flexibility index (Phi) is 10.4. The molecule has 0 aromatic heterocycles. The molecule has 6 aromatic carbocycles. The molecule has 6 aromatic rings. The average Bonchev–Trinajstić information content (AvgIpc) is 2.99. The molecular weight excluding hydrogens is 638 g/mol. The fourth-order valence-corrected chi connectivity index (χ4v) is 12.7. The second-order valence-corrected chi connectivity index (χ2v) is 17.8. The van der Waals surface area contributed by atoms with Crippen molar-refractivity contribution >= 4 is 27.1 Å². The van der Waals surface area contributed by atoms with E-state index in [0.29, 0.717) is 16.5 Å². The summed E-state index contributed by atoms with van der Waals surface area (Å²) in [6, 6.07) is 32.9. The van der Waals surface area contributed by atoms with Crippen LogP contribution in [0, 0.1) is 83.1 Å². The standard InChI is InChI=1S/C48H52P2/c1-27-19-31(5)43(32(6)20-27)39-15-13-16-40(44-33(7)21-28(2)22-34(44)8)47(39)49-50-48-41(45-35(9)23-29(3)24-36(45)10)17-14-18-42(48)46-37(11)25-30(4)26-38(46)12/h13-26,49-50H,1-12H3. The Bertz CT molecular complexity index is 1880. The molecule has 0 saturated carbocycles. The molecule has 0 N–H and O–H groups in total. The van der Waals surface area contributed by atoms with Crippen molar-refractivity contribution in [2.45, 2.75) is 83.1 Å². The lowest BCUT2D eigenvalue weighted by Crippen LogP contribution is -2.11. The van der Waals surface area contributed by atoms with E-state index < -0.39 is 0 Å². The summed E-state index contributed by atoms with van der Waals surface area (Å²) in [5, 5.41) is 2.96. The zero-order valence-electron chi connectivity index (χ0n) is 32.1. The third-order valence-electron chi connectivity index (χ3n) is 10.2. The van der Waals surface area contributed by atoms with Gasteiger partial charge in [-0.1, -0.05) is 124 Å². The minimum atomic E-state index is 0.603. The zero-order valence-corrected chi connectivity index (χ0v) is 34.1. The molecule has 2 unspecified atom stereocenters. The molecule has 6 rings (SSSR count). The summed E-state index contributed by atoms with van der Waals surface area (Å²) < 4.78 is 0. The second kappa shape index (κ2) is 14.4. The topological polar surface area (TPSA) is 0 Å². The maximum atomic E-state index is 2.38. The van der Waals surface area contributed by atoms with Gasteiger partial charge in [0.1, 0.15) is 0 Å². The Morgan fingerprint density at radius 3 is 0.640 bits per heavy atom. The first-order chi connectivity index (χ1) is 23.7. The largest absolute Gasteiger partial charge is 0.0620 e. The van der Waals surface area contributed by atoms with Gasteiger partial charge >= 0.3 is 0 Å². The molecule has 0 amide bonds. The molecule has 0 spiro atoms. The van der Waals surface area contributed by atoms with Crippen LogP contribution in [-0.4, -0.2) is 0 Å². The number of benzene rings is 6. The van der Waals surface area contributed by atoms with Crippen LogP contribution in [0.3, 0.4) is 0 Å². The third kappa shape index (κ3) is 6.91. The van der Waals surface area contributed by atoms with Crippen LogP contribution in [0.4, 0.5) is 0 Å². The van der Waals surface area contributed by atoms with Crippen LogP contribution < -0.4 is 10.6 Å². The van der Waals surface area contributed by atoms with Crippen molar-refractivity contribution in [2.75, 3.05) is 0 Å². The number of hydrogen-bond acceptors (Lipinski definition) is 0. The monoisotopic (exact) mass is 690 g/mol. The lowest BCUT2D eigenvalue weighted by Gasteiger charge is -2.24. The van der Waals surface area contributed by atoms with E-state index in [1.54, 1.807) is 0 Å². The Balaban J connectivity index is 1.64. The van der Waals surface area contributed by atoms with Gasteiger partial charge in [-0.05, 0) is 183 Å². The van der Waals surface area contributed by atoms with E-state index in [4.69, 9.17) is 0 Å². The van der Waals surface area contributed by atoms with Gasteiger partial charge in [0.2, 0.25) is 0 Å². The molecule has 2 heteroatoms. The highest BCUT2D eigenvalue weighted by atomic mass is 32.0. The summed E-state index contributed by atoms with van der Waals surface area (Å²) in [7, 11) is 1.21. The highest BCUT2D eigenvalue weighted by molar-refractivity contribution is 8.18. The first-order valence-electron chi connectivity index (χ1n) is 17.9. The minimum absolute atomic E-state index is 0.603. The summed E-state index contributed by atoms with van der Waals surface area (Å²) in [6.07, 6.45) is 0. The van der Waals surface area contributed by atoms with E-state index in [-0.39, 0.29) is 0 Å². The van der Waals surface area contributed by atoms with E-state index in [1.807, 2.05) is 0 Å². The average molecular weight is 691 g/mol. The van der Waals surface area contributed by atoms with Gasteiger partial charge in [-0.3, -0.25) is 0 Å². The lowest BCUT2D eigenvalue weighted by molar-refractivity contribution is 1.31. The molecular formula is C48H52P2. The fourth-order valence-electron chi connectivity index (χ4n) is 8.75. The van der Waals surface area contributed by atoms with Crippen molar-refractivity contribution in [1.82, 2.24) is 0 Å². The van der Waals surface area contributed by atoms with Crippen molar-refractivity contribution in [1.29, 1.82) is 0 Å². The van der Waals surface area contributed by atoms with Crippen LogP contribution in [0.15, 0.2) is 84.9 Å². The van der Waals surface area contributed by atoms with E-state index in [0.717, 1.165) is 0 Å². The van der Waals surface area contributed by atoms with Crippen LogP contribution in [0.25, 0.3) is 44.5 Å². The summed E-state index contributed by atoms with van der Waals surface area (Å²) in [4.78, 5) is 0. The SMILES string of the molecule is Cc1cc(C)c(-c2cccc(-c3c(C)cc(C)cc3C)c2PPc2c(-c3c(C)cc(C)cc3C)cccc2-c2c(C)cc(C)cc2C)c(C)c1. The van der Waals surface area contributed by atoms with E-state index in [9.17, 15) is 0 Å². The van der Waals surface area contributed by atoms with Gasteiger partial charge in [-0.2, -0.15) is 0 Å². The molecule has 0 radical (unpaired) electrons. The maximum Gasteiger partial charge on any atom is -0.00704 e. The summed E-state index contributed by atoms with van der Waals surface area (Å²) in [6.45, 7) is 27.2. The van der Waals surface area contributed by atoms with Crippen LogP contribution in [0.2, 0.25) is 0 Å². The predicted molar refractivity (Wildman–Crippen MR) is 227 cm³/mol. The second-order valence-electron chi connectivity index (χ2n) is 14.8. The summed E-state index contributed by atoms with van der Waals surface area (Å²) >= 11 is 0. The predicted octanol–water partition coefficient (Wildman–Crippen LogP) is 13.3. The summed E-state index contributed by atoms with van der Waals surface area (Å²) in [5.74, 6) is 0. The highest BCUT2D eigenvalue weighted by Gasteiger charge is 2.22. The van der Waals surface area contributed by atoms with Gasteiger partial charge in [0, 0.05) is 0 Å². The van der Waals surface area contributed by atoms with Crippen molar-refractivity contribution in [2.24, 2.45) is 0 Å². The van der Waals surface area contributed by atoms with Crippen molar-refractivity contribution in [3.63, 3.8) is 0 Å². The number of aryl methyl sites for hydroxylation is 12. The zero-order chi connectivity index (χ0) is 36.0. The fraction of sp³-hybridized carbons (Fsp3) is 0.250. The maximum absolute atomic E-state index is 2.38. The van der Waals surface area contributed by atoms with Crippen molar-refractivity contribution in [3.8, 4) is 44.5 Å². The lowest BCUT2D eigenvalue weighted by atomic mass is 9.89. The van der Waals surface area contributed by atoms with Gasteiger partial charge in [0.05, 0.1) is 0 Å². The van der Waals surface area contributed by atoms with E-state index in [1.165, 1.54) is 122 Å². The minimum Gasteiger partial charge on any atom is -0.0620 e. The smallest absolute Gasteiger partial charge is 0.00704 e. The van der Waals surface area contributed by atoms with E-state index in [2.05, 4.69) is 168 Å². The molecule has 254 valence electrons. The Morgan fingerprint density at radius 2 is 0.460 bits per heavy atom. The van der Waals surface area contributed by atoms with Gasteiger partial charge < -0.3 is 0 Å². The Morgan fingerprint density at radius 1 is 0.280 bits per heavy atom. The molecule has 0 aliphatic carbocycles.